The summed E-state index contributed by atoms with van der Waals surface area (Å²) < 4.78 is 12.1. The predicted octanol–water partition coefficient (Wildman–Crippen LogP) is 5.68. The number of thiazole rings is 1. The van der Waals surface area contributed by atoms with Gasteiger partial charge in [0.25, 0.3) is 0 Å². The summed E-state index contributed by atoms with van der Waals surface area (Å²) in [6, 6.07) is 19.4. The number of methoxy groups -OCH3 is 2. The second kappa shape index (κ2) is 8.16. The highest BCUT2D eigenvalue weighted by Crippen LogP contribution is 2.42. The van der Waals surface area contributed by atoms with E-state index in [-0.39, 0.29) is 11.8 Å². The van der Waals surface area contributed by atoms with Crippen LogP contribution in [0.2, 0.25) is 0 Å². The first-order chi connectivity index (χ1) is 15.6. The fourth-order valence-corrected chi connectivity index (χ4v) is 5.02. The average molecular weight is 446 g/mol. The van der Waals surface area contributed by atoms with Gasteiger partial charge in [-0.15, -0.1) is 0 Å². The third kappa shape index (κ3) is 3.65. The van der Waals surface area contributed by atoms with Crippen LogP contribution in [0.3, 0.4) is 0 Å². The molecule has 1 atom stereocenters. The standard InChI is InChI=1S/C25H23N3O3S/c1-15-4-10-19-24(12-15)32-25(26-19)28-21(17-7-11-22(30-2)23(13-17)31-3)14-20(27-28)16-5-8-18(29)9-6-16/h4-13,21,29H,14H2,1-3H3. The van der Waals surface area contributed by atoms with E-state index in [0.717, 1.165) is 32.2 Å². The molecule has 1 aliphatic rings. The van der Waals surface area contributed by atoms with Gasteiger partial charge in [0.1, 0.15) is 5.75 Å². The van der Waals surface area contributed by atoms with Crippen LogP contribution in [0.15, 0.2) is 65.8 Å². The molecule has 0 fully saturated rings. The number of phenols is 1. The van der Waals surface area contributed by atoms with E-state index in [1.54, 1.807) is 37.7 Å². The molecule has 0 saturated carbocycles. The lowest BCUT2D eigenvalue weighted by Crippen LogP contribution is -2.18. The molecule has 3 aromatic carbocycles. The number of ether oxygens (including phenoxy) is 2. The first-order valence-electron chi connectivity index (χ1n) is 10.3. The van der Waals surface area contributed by atoms with Crippen molar-refractivity contribution in [3.8, 4) is 17.2 Å². The van der Waals surface area contributed by atoms with E-state index in [9.17, 15) is 5.11 Å². The highest BCUT2D eigenvalue weighted by Gasteiger charge is 2.32. The summed E-state index contributed by atoms with van der Waals surface area (Å²) in [5.74, 6) is 1.61. The SMILES string of the molecule is COc1ccc(C2CC(c3ccc(O)cc3)=NN2c2nc3ccc(C)cc3s2)cc1OC. The molecule has 162 valence electrons. The van der Waals surface area contributed by atoms with Crippen LogP contribution in [0.25, 0.3) is 10.2 Å². The van der Waals surface area contributed by atoms with Gasteiger partial charge in [-0.05, 0) is 72.1 Å². The molecule has 1 aromatic heterocycles. The Hall–Kier alpha value is -3.58. The summed E-state index contributed by atoms with van der Waals surface area (Å²) in [5, 5.41) is 17.5. The Morgan fingerprint density at radius 1 is 0.969 bits per heavy atom. The molecular formula is C25H23N3O3S. The van der Waals surface area contributed by atoms with Crippen LogP contribution in [-0.2, 0) is 0 Å². The van der Waals surface area contributed by atoms with Crippen molar-refractivity contribution in [3.05, 3.63) is 77.4 Å². The van der Waals surface area contributed by atoms with Crippen LogP contribution >= 0.6 is 11.3 Å². The molecule has 5 rings (SSSR count). The van der Waals surface area contributed by atoms with Gasteiger partial charge in [-0.2, -0.15) is 5.10 Å². The Morgan fingerprint density at radius 3 is 2.50 bits per heavy atom. The van der Waals surface area contributed by atoms with Crippen molar-refractivity contribution in [1.29, 1.82) is 0 Å². The molecule has 4 aromatic rings. The molecule has 1 aliphatic heterocycles. The minimum Gasteiger partial charge on any atom is -0.508 e. The van der Waals surface area contributed by atoms with Crippen LogP contribution in [0.1, 0.15) is 29.2 Å². The molecule has 0 radical (unpaired) electrons. The molecule has 0 spiro atoms. The normalized spacial score (nSPS) is 15.8. The van der Waals surface area contributed by atoms with E-state index in [1.165, 1.54) is 5.56 Å². The Balaban J connectivity index is 1.60. The third-order valence-electron chi connectivity index (χ3n) is 5.63. The Morgan fingerprint density at radius 2 is 1.75 bits per heavy atom. The van der Waals surface area contributed by atoms with E-state index in [2.05, 4.69) is 25.1 Å². The highest BCUT2D eigenvalue weighted by molar-refractivity contribution is 7.22. The zero-order chi connectivity index (χ0) is 22.2. The Bertz CT molecular complexity index is 1310. The first kappa shape index (κ1) is 20.3. The van der Waals surface area contributed by atoms with Crippen molar-refractivity contribution in [3.63, 3.8) is 0 Å². The van der Waals surface area contributed by atoms with Gasteiger partial charge in [0.05, 0.1) is 36.2 Å². The molecule has 1 N–H and O–H groups in total. The van der Waals surface area contributed by atoms with Gasteiger partial charge in [0.2, 0.25) is 5.13 Å². The summed E-state index contributed by atoms with van der Waals surface area (Å²) in [5.41, 5.74) is 5.16. The lowest BCUT2D eigenvalue weighted by atomic mass is 9.98. The van der Waals surface area contributed by atoms with Crippen molar-refractivity contribution in [2.45, 2.75) is 19.4 Å². The summed E-state index contributed by atoms with van der Waals surface area (Å²) in [6.45, 7) is 2.09. The summed E-state index contributed by atoms with van der Waals surface area (Å²) in [4.78, 5) is 4.87. The molecule has 0 amide bonds. The molecule has 7 heteroatoms. The number of hydrogen-bond acceptors (Lipinski definition) is 7. The number of aromatic hydroxyl groups is 1. The second-order valence-electron chi connectivity index (χ2n) is 7.74. The number of nitrogens with zero attached hydrogens (tertiary/aromatic N) is 3. The van der Waals surface area contributed by atoms with Crippen molar-refractivity contribution in [1.82, 2.24) is 4.98 Å². The van der Waals surface area contributed by atoms with E-state index < -0.39 is 0 Å². The number of phenolic OH excluding ortho intramolecular Hbond substituents is 1. The Labute approximate surface area is 190 Å². The van der Waals surface area contributed by atoms with Crippen molar-refractivity contribution in [2.75, 3.05) is 19.2 Å². The molecule has 0 saturated heterocycles. The molecule has 32 heavy (non-hydrogen) atoms. The number of aryl methyl sites for hydroxylation is 1. The molecule has 2 heterocycles. The largest absolute Gasteiger partial charge is 0.508 e. The minimum absolute atomic E-state index is 0.0414. The van der Waals surface area contributed by atoms with Crippen molar-refractivity contribution >= 4 is 32.4 Å². The van der Waals surface area contributed by atoms with Gasteiger partial charge in [0, 0.05) is 6.42 Å². The summed E-state index contributed by atoms with van der Waals surface area (Å²) in [7, 11) is 3.27. The number of benzene rings is 3. The number of rotatable bonds is 5. The summed E-state index contributed by atoms with van der Waals surface area (Å²) in [6.07, 6.45) is 0.704. The van der Waals surface area contributed by atoms with Gasteiger partial charge in [-0.25, -0.2) is 9.99 Å². The fourth-order valence-electron chi connectivity index (χ4n) is 3.95. The van der Waals surface area contributed by atoms with Crippen LogP contribution in [0.5, 0.6) is 17.2 Å². The number of hydrogen-bond donors (Lipinski definition) is 1. The fraction of sp³-hybridized carbons (Fsp3) is 0.200. The maximum atomic E-state index is 9.69. The molecule has 0 aliphatic carbocycles. The van der Waals surface area contributed by atoms with Crippen molar-refractivity contribution in [2.24, 2.45) is 5.10 Å². The van der Waals surface area contributed by atoms with Crippen LogP contribution in [-0.4, -0.2) is 30.0 Å². The zero-order valence-electron chi connectivity index (χ0n) is 18.1. The Kier molecular flexibility index (Phi) is 5.19. The lowest BCUT2D eigenvalue weighted by Gasteiger charge is -2.22. The monoisotopic (exact) mass is 445 g/mol. The molecule has 1 unspecified atom stereocenters. The first-order valence-corrected chi connectivity index (χ1v) is 11.1. The number of hydrazone groups is 1. The predicted molar refractivity (Wildman–Crippen MR) is 128 cm³/mol. The van der Waals surface area contributed by atoms with Gasteiger partial charge in [0.15, 0.2) is 11.5 Å². The average Bonchev–Trinajstić information content (AvgIpc) is 3.43. The summed E-state index contributed by atoms with van der Waals surface area (Å²) >= 11 is 1.64. The molecule has 6 nitrogen and oxygen atoms in total. The number of anilines is 1. The molecule has 0 bridgehead atoms. The highest BCUT2D eigenvalue weighted by atomic mass is 32.1. The smallest absolute Gasteiger partial charge is 0.207 e. The van der Waals surface area contributed by atoms with E-state index in [0.29, 0.717) is 17.9 Å². The topological polar surface area (TPSA) is 67.2 Å². The number of aromatic nitrogens is 1. The lowest BCUT2D eigenvalue weighted by molar-refractivity contribution is 0.354. The third-order valence-corrected chi connectivity index (χ3v) is 6.64. The van der Waals surface area contributed by atoms with Gasteiger partial charge in [-0.1, -0.05) is 23.5 Å². The number of fused-ring (bicyclic) bond motifs is 1. The van der Waals surface area contributed by atoms with E-state index >= 15 is 0 Å². The van der Waals surface area contributed by atoms with Gasteiger partial charge < -0.3 is 14.6 Å². The minimum atomic E-state index is -0.0414. The molecular weight excluding hydrogens is 422 g/mol. The van der Waals surface area contributed by atoms with Crippen molar-refractivity contribution < 1.29 is 14.6 Å². The zero-order valence-corrected chi connectivity index (χ0v) is 18.9. The van der Waals surface area contributed by atoms with E-state index in [1.807, 2.05) is 35.3 Å². The van der Waals surface area contributed by atoms with Gasteiger partial charge >= 0.3 is 0 Å². The van der Waals surface area contributed by atoms with Crippen LogP contribution in [0.4, 0.5) is 5.13 Å². The maximum Gasteiger partial charge on any atom is 0.207 e. The second-order valence-corrected chi connectivity index (χ2v) is 8.75. The quantitative estimate of drug-likeness (QED) is 0.428. The van der Waals surface area contributed by atoms with Crippen LogP contribution in [0, 0.1) is 6.92 Å². The van der Waals surface area contributed by atoms with Gasteiger partial charge in [-0.3, -0.25) is 0 Å². The van der Waals surface area contributed by atoms with Crippen LogP contribution < -0.4 is 14.5 Å². The maximum absolute atomic E-state index is 9.69. The van der Waals surface area contributed by atoms with E-state index in [4.69, 9.17) is 19.6 Å².